The van der Waals surface area contributed by atoms with Crippen molar-refractivity contribution in [1.82, 2.24) is 0 Å². The molecule has 4 nitrogen and oxygen atoms in total. The number of aliphatic carboxylic acids is 1. The van der Waals surface area contributed by atoms with Gasteiger partial charge in [0.1, 0.15) is 0 Å². The molecule has 0 fully saturated rings. The number of hydrogen-bond acceptors (Lipinski definition) is 4. The van der Waals surface area contributed by atoms with Crippen molar-refractivity contribution in [3.63, 3.8) is 0 Å². The maximum absolute atomic E-state index is 10.4. The molecule has 19 heavy (non-hydrogen) atoms. The molecule has 0 unspecified atom stereocenters. The summed E-state index contributed by atoms with van der Waals surface area (Å²) in [6, 6.07) is 3.84. The minimum absolute atomic E-state index is 0.162. The van der Waals surface area contributed by atoms with Crippen molar-refractivity contribution in [2.24, 2.45) is 0 Å². The second kappa shape index (κ2) is 7.43. The topological polar surface area (TPSA) is 55.8 Å². The highest BCUT2D eigenvalue weighted by Gasteiger charge is 2.15. The number of ether oxygens (including phenoxy) is 2. The lowest BCUT2D eigenvalue weighted by Crippen LogP contribution is -2.24. The lowest BCUT2D eigenvalue weighted by molar-refractivity contribution is -0.131. The summed E-state index contributed by atoms with van der Waals surface area (Å²) in [5, 5.41) is 8.54. The number of hydrogen-bond donors (Lipinski definition) is 1. The predicted octanol–water partition coefficient (Wildman–Crippen LogP) is 3.18. The number of methoxy groups -OCH3 is 1. The summed E-state index contributed by atoms with van der Waals surface area (Å²) in [4.78, 5) is 12.4. The minimum Gasteiger partial charge on any atom is -0.478 e. The molecule has 0 saturated carbocycles. The van der Waals surface area contributed by atoms with Gasteiger partial charge < -0.3 is 14.6 Å². The lowest BCUT2D eigenvalue weighted by atomic mass is 10.1. The zero-order chi connectivity index (χ0) is 14.3. The van der Waals surface area contributed by atoms with Crippen LogP contribution in [0.2, 0.25) is 0 Å². The van der Waals surface area contributed by atoms with Crippen LogP contribution >= 0.6 is 11.3 Å². The van der Waals surface area contributed by atoms with Crippen molar-refractivity contribution in [3.05, 3.63) is 28.0 Å². The van der Waals surface area contributed by atoms with Gasteiger partial charge in [0.05, 0.1) is 12.2 Å². The van der Waals surface area contributed by atoms with Gasteiger partial charge in [-0.3, -0.25) is 0 Å². The molecule has 1 aromatic rings. The predicted molar refractivity (Wildman–Crippen MR) is 76.3 cm³/mol. The Bertz CT molecular complexity index is 434. The smallest absolute Gasteiger partial charge is 0.328 e. The molecule has 0 aliphatic carbocycles. The molecule has 0 aromatic carbocycles. The van der Waals surface area contributed by atoms with E-state index in [0.717, 1.165) is 22.3 Å². The fourth-order valence-corrected chi connectivity index (χ4v) is 2.16. The van der Waals surface area contributed by atoms with Gasteiger partial charge in [0.25, 0.3) is 0 Å². The van der Waals surface area contributed by atoms with Gasteiger partial charge in [0.2, 0.25) is 0 Å². The zero-order valence-electron chi connectivity index (χ0n) is 11.5. The van der Waals surface area contributed by atoms with Gasteiger partial charge in [-0.15, -0.1) is 11.3 Å². The summed E-state index contributed by atoms with van der Waals surface area (Å²) < 4.78 is 10.9. The summed E-state index contributed by atoms with van der Waals surface area (Å²) in [5.74, 6) is -0.937. The quantitative estimate of drug-likeness (QED) is 0.588. The van der Waals surface area contributed by atoms with Crippen molar-refractivity contribution < 1.29 is 19.4 Å². The fourth-order valence-electron chi connectivity index (χ4n) is 1.31. The summed E-state index contributed by atoms with van der Waals surface area (Å²) in [6.45, 7) is 5.23. The van der Waals surface area contributed by atoms with E-state index in [0.29, 0.717) is 13.2 Å². The monoisotopic (exact) mass is 284 g/mol. The van der Waals surface area contributed by atoms with Crippen LogP contribution in [0.25, 0.3) is 6.08 Å². The maximum Gasteiger partial charge on any atom is 0.328 e. The number of carboxylic acid groups (broad SMARTS) is 1. The van der Waals surface area contributed by atoms with Gasteiger partial charge in [0.15, 0.2) is 0 Å². The second-order valence-corrected chi connectivity index (χ2v) is 5.94. The van der Waals surface area contributed by atoms with Gasteiger partial charge in [-0.25, -0.2) is 4.79 Å². The summed E-state index contributed by atoms with van der Waals surface area (Å²) in [6.07, 6.45) is 3.56. The molecular weight excluding hydrogens is 264 g/mol. The minimum atomic E-state index is -0.937. The van der Waals surface area contributed by atoms with E-state index < -0.39 is 5.97 Å². The Hall–Kier alpha value is -1.17. The lowest BCUT2D eigenvalue weighted by Gasteiger charge is -2.22. The molecule has 1 aromatic heterocycles. The molecule has 0 radical (unpaired) electrons. The van der Waals surface area contributed by atoms with E-state index in [1.807, 2.05) is 26.0 Å². The van der Waals surface area contributed by atoms with Gasteiger partial charge in [-0.05, 0) is 38.5 Å². The number of carbonyl (C=O) groups is 1. The molecule has 5 heteroatoms. The second-order valence-electron chi connectivity index (χ2n) is 4.74. The van der Waals surface area contributed by atoms with Crippen LogP contribution < -0.4 is 0 Å². The van der Waals surface area contributed by atoms with Crippen molar-refractivity contribution in [2.45, 2.75) is 32.5 Å². The molecule has 1 rings (SSSR count). The largest absolute Gasteiger partial charge is 0.478 e. The Morgan fingerprint density at radius 3 is 2.84 bits per heavy atom. The molecular formula is C14H20O4S. The van der Waals surface area contributed by atoms with Crippen LogP contribution in [0.15, 0.2) is 18.2 Å². The van der Waals surface area contributed by atoms with Gasteiger partial charge in [0, 0.05) is 29.5 Å². The number of carboxylic acids is 1. The highest BCUT2D eigenvalue weighted by Crippen LogP contribution is 2.19. The summed E-state index contributed by atoms with van der Waals surface area (Å²) >= 11 is 1.53. The van der Waals surface area contributed by atoms with Crippen molar-refractivity contribution in [3.8, 4) is 0 Å². The molecule has 0 bridgehead atoms. The molecule has 0 aliphatic rings. The van der Waals surface area contributed by atoms with Crippen molar-refractivity contribution in [2.75, 3.05) is 13.7 Å². The third-order valence-electron chi connectivity index (χ3n) is 2.72. The molecule has 0 atom stereocenters. The fraction of sp³-hybridized carbons (Fsp3) is 0.500. The van der Waals surface area contributed by atoms with Crippen LogP contribution in [-0.2, 0) is 20.9 Å². The molecule has 0 aliphatic heterocycles. The molecule has 0 saturated heterocycles. The Kier molecular flexibility index (Phi) is 6.21. The Morgan fingerprint density at radius 1 is 1.47 bits per heavy atom. The van der Waals surface area contributed by atoms with Crippen LogP contribution in [-0.4, -0.2) is 30.4 Å². The standard InChI is InChI=1S/C14H20O4S/c1-14(2,17-3)8-9-18-10-12-5-4-11(19-12)6-7-13(15)16/h4-7H,8-10H2,1-3H3,(H,15,16)/b7-6+. The first kappa shape index (κ1) is 15.9. The first-order valence-electron chi connectivity index (χ1n) is 6.05. The van der Waals surface area contributed by atoms with Crippen LogP contribution in [0.4, 0.5) is 0 Å². The summed E-state index contributed by atoms with van der Waals surface area (Å²) in [5.41, 5.74) is -0.162. The van der Waals surface area contributed by atoms with Crippen LogP contribution in [0, 0.1) is 0 Å². The van der Waals surface area contributed by atoms with E-state index in [1.54, 1.807) is 13.2 Å². The van der Waals surface area contributed by atoms with E-state index in [-0.39, 0.29) is 5.60 Å². The molecule has 1 N–H and O–H groups in total. The molecule has 0 amide bonds. The Morgan fingerprint density at radius 2 is 2.21 bits per heavy atom. The van der Waals surface area contributed by atoms with E-state index in [4.69, 9.17) is 14.6 Å². The van der Waals surface area contributed by atoms with Crippen molar-refractivity contribution in [1.29, 1.82) is 0 Å². The van der Waals surface area contributed by atoms with E-state index in [9.17, 15) is 4.79 Å². The van der Waals surface area contributed by atoms with Crippen LogP contribution in [0.5, 0.6) is 0 Å². The maximum atomic E-state index is 10.4. The van der Waals surface area contributed by atoms with Gasteiger partial charge in [-0.1, -0.05) is 0 Å². The average Bonchev–Trinajstić information content (AvgIpc) is 2.80. The first-order chi connectivity index (χ1) is 8.93. The zero-order valence-corrected chi connectivity index (χ0v) is 12.3. The Balaban J connectivity index is 2.33. The van der Waals surface area contributed by atoms with E-state index in [1.165, 1.54) is 11.3 Å². The average molecular weight is 284 g/mol. The molecule has 0 spiro atoms. The first-order valence-corrected chi connectivity index (χ1v) is 6.87. The van der Waals surface area contributed by atoms with E-state index in [2.05, 4.69) is 0 Å². The normalized spacial score (nSPS) is 12.2. The highest BCUT2D eigenvalue weighted by atomic mass is 32.1. The molecule has 1 heterocycles. The third kappa shape index (κ3) is 6.52. The van der Waals surface area contributed by atoms with Gasteiger partial charge >= 0.3 is 5.97 Å². The van der Waals surface area contributed by atoms with Crippen LogP contribution in [0.3, 0.4) is 0 Å². The SMILES string of the molecule is COC(C)(C)CCOCc1ccc(/C=C/C(=O)O)s1. The third-order valence-corrected chi connectivity index (χ3v) is 3.74. The Labute approximate surface area is 117 Å². The number of rotatable bonds is 8. The number of thiophene rings is 1. The highest BCUT2D eigenvalue weighted by molar-refractivity contribution is 7.12. The van der Waals surface area contributed by atoms with Gasteiger partial charge in [-0.2, -0.15) is 0 Å². The summed E-state index contributed by atoms with van der Waals surface area (Å²) in [7, 11) is 1.69. The van der Waals surface area contributed by atoms with Crippen LogP contribution in [0.1, 0.15) is 30.0 Å². The molecule has 106 valence electrons. The van der Waals surface area contributed by atoms with Crippen molar-refractivity contribution >= 4 is 23.4 Å². The van der Waals surface area contributed by atoms with E-state index >= 15 is 0 Å².